The van der Waals surface area contributed by atoms with Crippen molar-refractivity contribution >= 4 is 29.9 Å². The first-order valence-electron chi connectivity index (χ1n) is 8.70. The smallest absolute Gasteiger partial charge is 0.191 e. The lowest BCUT2D eigenvalue weighted by molar-refractivity contribution is 0.145. The van der Waals surface area contributed by atoms with Gasteiger partial charge in [-0.1, -0.05) is 18.2 Å². The lowest BCUT2D eigenvalue weighted by Gasteiger charge is -2.15. The molecule has 1 aromatic heterocycles. The summed E-state index contributed by atoms with van der Waals surface area (Å²) in [5.74, 6) is 1.59. The summed E-state index contributed by atoms with van der Waals surface area (Å²) >= 11 is 0. The Labute approximate surface area is 178 Å². The number of benzene rings is 1. The van der Waals surface area contributed by atoms with E-state index in [9.17, 15) is 0 Å². The molecule has 0 aliphatic carbocycles. The van der Waals surface area contributed by atoms with E-state index >= 15 is 0 Å². The quantitative estimate of drug-likeness (QED) is 0.261. The van der Waals surface area contributed by atoms with Gasteiger partial charge in [0.1, 0.15) is 12.4 Å². The first kappa shape index (κ1) is 23.2. The van der Waals surface area contributed by atoms with Gasteiger partial charge in [0, 0.05) is 32.5 Å². The van der Waals surface area contributed by atoms with Crippen molar-refractivity contribution in [3.05, 3.63) is 58.9 Å². The van der Waals surface area contributed by atoms with Crippen molar-refractivity contribution < 1.29 is 9.47 Å². The van der Waals surface area contributed by atoms with E-state index < -0.39 is 0 Å². The zero-order valence-electron chi connectivity index (χ0n) is 16.4. The van der Waals surface area contributed by atoms with Crippen molar-refractivity contribution in [2.24, 2.45) is 4.99 Å². The monoisotopic (exact) mass is 484 g/mol. The summed E-state index contributed by atoms with van der Waals surface area (Å²) in [6, 6.07) is 10.2. The Balaban J connectivity index is 0.00000364. The van der Waals surface area contributed by atoms with Gasteiger partial charge in [-0.3, -0.25) is 9.98 Å². The SMILES string of the molecule is CN=C(NCc1ccc(C)cc1OCCOC)NCc1ncccc1C.I. The number of pyridine rings is 1. The summed E-state index contributed by atoms with van der Waals surface area (Å²) in [5.41, 5.74) is 4.40. The number of methoxy groups -OCH3 is 1. The maximum Gasteiger partial charge on any atom is 0.191 e. The molecule has 0 spiro atoms. The molecule has 0 saturated carbocycles. The summed E-state index contributed by atoms with van der Waals surface area (Å²) < 4.78 is 10.9. The van der Waals surface area contributed by atoms with Crippen LogP contribution in [0.3, 0.4) is 0 Å². The van der Waals surface area contributed by atoms with Crippen LogP contribution in [0, 0.1) is 13.8 Å². The normalized spacial score (nSPS) is 10.9. The summed E-state index contributed by atoms with van der Waals surface area (Å²) in [6.07, 6.45) is 1.80. The highest BCUT2D eigenvalue weighted by Crippen LogP contribution is 2.20. The second-order valence-corrected chi connectivity index (χ2v) is 6.00. The molecule has 0 radical (unpaired) electrons. The van der Waals surface area contributed by atoms with Crippen LogP contribution in [0.5, 0.6) is 5.75 Å². The molecule has 0 fully saturated rings. The third-order valence-corrected chi connectivity index (χ3v) is 3.98. The molecule has 2 N–H and O–H groups in total. The number of aliphatic imine (C=N–C) groups is 1. The van der Waals surface area contributed by atoms with Gasteiger partial charge in [-0.05, 0) is 37.1 Å². The molecule has 27 heavy (non-hydrogen) atoms. The lowest BCUT2D eigenvalue weighted by Crippen LogP contribution is -2.36. The molecule has 2 rings (SSSR count). The minimum absolute atomic E-state index is 0. The van der Waals surface area contributed by atoms with Gasteiger partial charge in [-0.15, -0.1) is 24.0 Å². The number of hydrogen-bond acceptors (Lipinski definition) is 4. The Morgan fingerprint density at radius 1 is 1.11 bits per heavy atom. The Hall–Kier alpha value is -1.87. The Morgan fingerprint density at radius 3 is 2.59 bits per heavy atom. The third kappa shape index (κ3) is 7.72. The van der Waals surface area contributed by atoms with E-state index in [4.69, 9.17) is 9.47 Å². The highest BCUT2D eigenvalue weighted by Gasteiger charge is 2.07. The Morgan fingerprint density at radius 2 is 1.89 bits per heavy atom. The second-order valence-electron chi connectivity index (χ2n) is 6.00. The van der Waals surface area contributed by atoms with Gasteiger partial charge in [0.2, 0.25) is 0 Å². The fraction of sp³-hybridized carbons (Fsp3) is 0.400. The van der Waals surface area contributed by atoms with Gasteiger partial charge in [0.05, 0.1) is 18.8 Å². The van der Waals surface area contributed by atoms with Crippen molar-refractivity contribution in [3.8, 4) is 5.75 Å². The largest absolute Gasteiger partial charge is 0.491 e. The average molecular weight is 484 g/mol. The van der Waals surface area contributed by atoms with Crippen LogP contribution in [-0.2, 0) is 17.8 Å². The minimum atomic E-state index is 0. The second kappa shape index (κ2) is 12.5. The predicted molar refractivity (Wildman–Crippen MR) is 120 cm³/mol. The fourth-order valence-corrected chi connectivity index (χ4v) is 2.45. The number of nitrogens with one attached hydrogen (secondary N) is 2. The van der Waals surface area contributed by atoms with E-state index in [1.165, 1.54) is 0 Å². The summed E-state index contributed by atoms with van der Waals surface area (Å²) in [4.78, 5) is 8.67. The Bertz CT molecular complexity index is 738. The minimum Gasteiger partial charge on any atom is -0.491 e. The highest BCUT2D eigenvalue weighted by atomic mass is 127. The van der Waals surface area contributed by atoms with E-state index in [0.717, 1.165) is 34.1 Å². The van der Waals surface area contributed by atoms with Crippen molar-refractivity contribution in [2.75, 3.05) is 27.4 Å². The van der Waals surface area contributed by atoms with Crippen molar-refractivity contribution in [1.29, 1.82) is 0 Å². The van der Waals surface area contributed by atoms with Crippen molar-refractivity contribution in [3.63, 3.8) is 0 Å². The van der Waals surface area contributed by atoms with Crippen molar-refractivity contribution in [2.45, 2.75) is 26.9 Å². The molecule has 1 aromatic carbocycles. The van der Waals surface area contributed by atoms with E-state index in [1.54, 1.807) is 20.4 Å². The molecule has 0 amide bonds. The molecule has 148 valence electrons. The molecule has 0 aliphatic heterocycles. The van der Waals surface area contributed by atoms with E-state index in [-0.39, 0.29) is 24.0 Å². The molecule has 0 aliphatic rings. The van der Waals surface area contributed by atoms with Crippen LogP contribution in [0.25, 0.3) is 0 Å². The molecule has 0 unspecified atom stereocenters. The zero-order valence-corrected chi connectivity index (χ0v) is 18.7. The Kier molecular flexibility index (Phi) is 10.7. The molecule has 0 atom stereocenters. The maximum absolute atomic E-state index is 5.83. The predicted octanol–water partition coefficient (Wildman–Crippen LogP) is 3.21. The van der Waals surface area contributed by atoms with Gasteiger partial charge in [0.15, 0.2) is 5.96 Å². The van der Waals surface area contributed by atoms with Gasteiger partial charge >= 0.3 is 0 Å². The lowest BCUT2D eigenvalue weighted by atomic mass is 10.1. The average Bonchev–Trinajstić information content (AvgIpc) is 2.64. The summed E-state index contributed by atoms with van der Waals surface area (Å²) in [6.45, 7) is 6.43. The van der Waals surface area contributed by atoms with Gasteiger partial charge in [-0.25, -0.2) is 0 Å². The molecule has 6 nitrogen and oxygen atoms in total. The highest BCUT2D eigenvalue weighted by molar-refractivity contribution is 14.0. The number of guanidine groups is 1. The van der Waals surface area contributed by atoms with Gasteiger partial charge in [-0.2, -0.15) is 0 Å². The van der Waals surface area contributed by atoms with Crippen molar-refractivity contribution in [1.82, 2.24) is 15.6 Å². The number of aryl methyl sites for hydroxylation is 2. The number of nitrogens with zero attached hydrogens (tertiary/aromatic N) is 2. The molecule has 0 saturated heterocycles. The van der Waals surface area contributed by atoms with Crippen LogP contribution < -0.4 is 15.4 Å². The summed E-state index contributed by atoms with van der Waals surface area (Å²) in [7, 11) is 3.42. The summed E-state index contributed by atoms with van der Waals surface area (Å²) in [5, 5.41) is 6.62. The molecule has 0 bridgehead atoms. The van der Waals surface area contributed by atoms with Crippen LogP contribution in [0.4, 0.5) is 0 Å². The molecular formula is C20H29IN4O2. The number of aromatic nitrogens is 1. The number of rotatable bonds is 8. The number of halogens is 1. The van der Waals surface area contributed by atoms with Gasteiger partial charge in [0.25, 0.3) is 0 Å². The third-order valence-electron chi connectivity index (χ3n) is 3.98. The molecule has 2 aromatic rings. The maximum atomic E-state index is 5.83. The zero-order chi connectivity index (χ0) is 18.8. The fourth-order valence-electron chi connectivity index (χ4n) is 2.45. The first-order valence-corrected chi connectivity index (χ1v) is 8.70. The molecule has 1 heterocycles. The van der Waals surface area contributed by atoms with Crippen LogP contribution in [-0.4, -0.2) is 38.3 Å². The van der Waals surface area contributed by atoms with Crippen LogP contribution >= 0.6 is 24.0 Å². The number of hydrogen-bond donors (Lipinski definition) is 2. The van der Waals surface area contributed by atoms with E-state index in [1.807, 2.05) is 12.1 Å². The first-order chi connectivity index (χ1) is 12.6. The van der Waals surface area contributed by atoms with Crippen LogP contribution in [0.15, 0.2) is 41.5 Å². The van der Waals surface area contributed by atoms with Crippen LogP contribution in [0.2, 0.25) is 0 Å². The van der Waals surface area contributed by atoms with E-state index in [2.05, 4.69) is 52.7 Å². The number of ether oxygens (including phenoxy) is 2. The standard InChI is InChI=1S/C20H28N4O2.HI/c1-15-7-8-17(19(12-15)26-11-10-25-4)13-23-20(21-3)24-14-18-16(2)6-5-9-22-18;/h5-9,12H,10-11,13-14H2,1-4H3,(H2,21,23,24);1H. The van der Waals surface area contributed by atoms with Crippen LogP contribution in [0.1, 0.15) is 22.4 Å². The topological polar surface area (TPSA) is 67.8 Å². The van der Waals surface area contributed by atoms with E-state index in [0.29, 0.717) is 26.3 Å². The molecule has 7 heteroatoms. The van der Waals surface area contributed by atoms with Gasteiger partial charge < -0.3 is 20.1 Å². The molecular weight excluding hydrogens is 455 g/mol.